The van der Waals surface area contributed by atoms with Crippen molar-refractivity contribution in [2.45, 2.75) is 29.9 Å². The Morgan fingerprint density at radius 2 is 2.00 bits per heavy atom. The molecule has 1 N–H and O–H groups in total. The SMILES string of the molecule is CCCNc1cc(Sc2ccccc2)nc(COC)n1. The molecule has 106 valence electrons. The van der Waals surface area contributed by atoms with Crippen LogP contribution in [0.4, 0.5) is 5.82 Å². The summed E-state index contributed by atoms with van der Waals surface area (Å²) in [7, 11) is 1.65. The first-order chi connectivity index (χ1) is 9.81. The summed E-state index contributed by atoms with van der Waals surface area (Å²) in [5.74, 6) is 1.55. The third-order valence-electron chi connectivity index (χ3n) is 2.54. The monoisotopic (exact) mass is 289 g/mol. The van der Waals surface area contributed by atoms with Crippen LogP contribution >= 0.6 is 11.8 Å². The van der Waals surface area contributed by atoms with Gasteiger partial charge >= 0.3 is 0 Å². The van der Waals surface area contributed by atoms with Gasteiger partial charge in [-0.1, -0.05) is 36.9 Å². The molecule has 5 heteroatoms. The summed E-state index contributed by atoms with van der Waals surface area (Å²) in [5.41, 5.74) is 0. The highest BCUT2D eigenvalue weighted by Gasteiger charge is 2.06. The zero-order chi connectivity index (χ0) is 14.2. The Balaban J connectivity index is 2.19. The third-order valence-corrected chi connectivity index (χ3v) is 3.47. The molecule has 0 saturated carbocycles. The minimum atomic E-state index is 0.421. The van der Waals surface area contributed by atoms with Gasteiger partial charge in [-0.05, 0) is 18.6 Å². The lowest BCUT2D eigenvalue weighted by molar-refractivity contribution is 0.177. The first kappa shape index (κ1) is 14.8. The number of hydrogen-bond acceptors (Lipinski definition) is 5. The molecule has 0 bridgehead atoms. The molecule has 1 aromatic heterocycles. The van der Waals surface area contributed by atoms with Crippen LogP contribution in [0.5, 0.6) is 0 Å². The topological polar surface area (TPSA) is 47.0 Å². The molecule has 2 aromatic rings. The summed E-state index contributed by atoms with van der Waals surface area (Å²) >= 11 is 1.63. The van der Waals surface area contributed by atoms with Gasteiger partial charge in [-0.2, -0.15) is 0 Å². The highest BCUT2D eigenvalue weighted by atomic mass is 32.2. The van der Waals surface area contributed by atoms with E-state index < -0.39 is 0 Å². The molecule has 0 unspecified atom stereocenters. The maximum absolute atomic E-state index is 5.13. The van der Waals surface area contributed by atoms with Gasteiger partial charge < -0.3 is 10.1 Å². The second-order valence-electron chi connectivity index (χ2n) is 4.28. The largest absolute Gasteiger partial charge is 0.377 e. The van der Waals surface area contributed by atoms with Gasteiger partial charge in [0.25, 0.3) is 0 Å². The summed E-state index contributed by atoms with van der Waals surface area (Å²) in [6.45, 7) is 3.45. The molecule has 1 heterocycles. The molecule has 0 aliphatic heterocycles. The number of aromatic nitrogens is 2. The van der Waals surface area contributed by atoms with E-state index >= 15 is 0 Å². The van der Waals surface area contributed by atoms with Crippen molar-refractivity contribution in [3.8, 4) is 0 Å². The summed E-state index contributed by atoms with van der Waals surface area (Å²) in [6, 6.07) is 12.2. The highest BCUT2D eigenvalue weighted by Crippen LogP contribution is 2.27. The van der Waals surface area contributed by atoms with E-state index in [-0.39, 0.29) is 0 Å². The maximum Gasteiger partial charge on any atom is 0.157 e. The standard InChI is InChI=1S/C15H19N3OS/c1-3-9-16-13-10-15(18-14(17-13)11-19-2)20-12-7-5-4-6-8-12/h4-8,10H,3,9,11H2,1-2H3,(H,16,17,18). The molecule has 1 aromatic carbocycles. The van der Waals surface area contributed by atoms with Crippen LogP contribution in [0.3, 0.4) is 0 Å². The Morgan fingerprint density at radius 3 is 2.70 bits per heavy atom. The van der Waals surface area contributed by atoms with Crippen molar-refractivity contribution in [2.24, 2.45) is 0 Å². The van der Waals surface area contributed by atoms with Crippen molar-refractivity contribution >= 4 is 17.6 Å². The second kappa shape index (κ2) is 7.87. The number of benzene rings is 1. The van der Waals surface area contributed by atoms with Crippen molar-refractivity contribution < 1.29 is 4.74 Å². The molecule has 0 fully saturated rings. The molecule has 0 radical (unpaired) electrons. The molecule has 0 atom stereocenters. The van der Waals surface area contributed by atoms with Gasteiger partial charge in [0.1, 0.15) is 17.5 Å². The molecule has 4 nitrogen and oxygen atoms in total. The van der Waals surface area contributed by atoms with Crippen LogP contribution in [0.15, 0.2) is 46.3 Å². The summed E-state index contributed by atoms with van der Waals surface area (Å²) in [4.78, 5) is 10.1. The molecule has 0 aliphatic carbocycles. The smallest absolute Gasteiger partial charge is 0.157 e. The van der Waals surface area contributed by atoms with Gasteiger partial charge in [0.15, 0.2) is 5.82 Å². The molecule has 0 spiro atoms. The predicted octanol–water partition coefficient (Wildman–Crippen LogP) is 3.60. The summed E-state index contributed by atoms with van der Waals surface area (Å²) in [5, 5.41) is 4.23. The van der Waals surface area contributed by atoms with E-state index in [4.69, 9.17) is 4.74 Å². The lowest BCUT2D eigenvalue weighted by atomic mass is 10.4. The van der Waals surface area contributed by atoms with E-state index in [0.717, 1.165) is 28.7 Å². The molecule has 0 saturated heterocycles. The van der Waals surface area contributed by atoms with Crippen LogP contribution in [-0.4, -0.2) is 23.6 Å². The molecule has 0 amide bonds. The summed E-state index contributed by atoms with van der Waals surface area (Å²) < 4.78 is 5.13. The van der Waals surface area contributed by atoms with Crippen molar-refractivity contribution in [3.05, 3.63) is 42.2 Å². The van der Waals surface area contributed by atoms with Crippen molar-refractivity contribution in [3.63, 3.8) is 0 Å². The Kier molecular flexibility index (Phi) is 5.83. The van der Waals surface area contributed by atoms with Gasteiger partial charge in [0.05, 0.1) is 0 Å². The van der Waals surface area contributed by atoms with E-state index in [9.17, 15) is 0 Å². The van der Waals surface area contributed by atoms with Crippen LogP contribution in [0, 0.1) is 0 Å². The average Bonchev–Trinajstić information content (AvgIpc) is 2.46. The molecule has 0 aliphatic rings. The van der Waals surface area contributed by atoms with Crippen LogP contribution in [0.25, 0.3) is 0 Å². The molecular formula is C15H19N3OS. The number of rotatable bonds is 7. The zero-order valence-corrected chi connectivity index (χ0v) is 12.6. The van der Waals surface area contributed by atoms with Gasteiger partial charge in [-0.3, -0.25) is 0 Å². The van der Waals surface area contributed by atoms with Gasteiger partial charge in [0.2, 0.25) is 0 Å². The minimum Gasteiger partial charge on any atom is -0.377 e. The number of anilines is 1. The van der Waals surface area contributed by atoms with Crippen molar-refractivity contribution in [2.75, 3.05) is 19.0 Å². The number of ether oxygens (including phenoxy) is 1. The van der Waals surface area contributed by atoms with Crippen molar-refractivity contribution in [1.29, 1.82) is 0 Å². The van der Waals surface area contributed by atoms with E-state index in [1.807, 2.05) is 24.3 Å². The lowest BCUT2D eigenvalue weighted by Gasteiger charge is -2.09. The van der Waals surface area contributed by atoms with Crippen LogP contribution in [-0.2, 0) is 11.3 Å². The highest BCUT2D eigenvalue weighted by molar-refractivity contribution is 7.99. The first-order valence-electron chi connectivity index (χ1n) is 6.65. The maximum atomic E-state index is 5.13. The Hall–Kier alpha value is -1.59. The van der Waals surface area contributed by atoms with Gasteiger partial charge in [0, 0.05) is 24.6 Å². The lowest BCUT2D eigenvalue weighted by Crippen LogP contribution is -2.06. The summed E-state index contributed by atoms with van der Waals surface area (Å²) in [6.07, 6.45) is 1.06. The number of nitrogens with one attached hydrogen (secondary N) is 1. The van der Waals surface area contributed by atoms with Crippen LogP contribution in [0.1, 0.15) is 19.2 Å². The third kappa shape index (κ3) is 4.51. The van der Waals surface area contributed by atoms with E-state index in [1.165, 1.54) is 0 Å². The molecule has 20 heavy (non-hydrogen) atoms. The number of nitrogens with zero attached hydrogens (tertiary/aromatic N) is 2. The van der Waals surface area contributed by atoms with E-state index in [2.05, 4.69) is 34.3 Å². The van der Waals surface area contributed by atoms with Crippen molar-refractivity contribution in [1.82, 2.24) is 9.97 Å². The average molecular weight is 289 g/mol. The molecule has 2 rings (SSSR count). The quantitative estimate of drug-likeness (QED) is 0.789. The van der Waals surface area contributed by atoms with Gasteiger partial charge in [-0.15, -0.1) is 0 Å². The Bertz CT molecular complexity index is 534. The zero-order valence-electron chi connectivity index (χ0n) is 11.8. The second-order valence-corrected chi connectivity index (χ2v) is 5.38. The fourth-order valence-corrected chi connectivity index (χ4v) is 2.53. The fraction of sp³-hybridized carbons (Fsp3) is 0.333. The Labute approximate surface area is 124 Å². The normalized spacial score (nSPS) is 10.5. The van der Waals surface area contributed by atoms with E-state index in [0.29, 0.717) is 12.4 Å². The number of methoxy groups -OCH3 is 1. The minimum absolute atomic E-state index is 0.421. The predicted molar refractivity (Wildman–Crippen MR) is 82.1 cm³/mol. The van der Waals surface area contributed by atoms with Crippen LogP contribution < -0.4 is 5.32 Å². The first-order valence-corrected chi connectivity index (χ1v) is 7.47. The number of hydrogen-bond donors (Lipinski definition) is 1. The fourth-order valence-electron chi connectivity index (χ4n) is 1.67. The van der Waals surface area contributed by atoms with Crippen LogP contribution in [0.2, 0.25) is 0 Å². The Morgan fingerprint density at radius 1 is 1.20 bits per heavy atom. The molecular weight excluding hydrogens is 270 g/mol. The van der Waals surface area contributed by atoms with Gasteiger partial charge in [-0.25, -0.2) is 9.97 Å². The van der Waals surface area contributed by atoms with E-state index in [1.54, 1.807) is 18.9 Å².